The van der Waals surface area contributed by atoms with E-state index in [9.17, 15) is 9.90 Å². The number of aromatic hydroxyl groups is 1. The van der Waals surface area contributed by atoms with Gasteiger partial charge in [0.25, 0.3) is 0 Å². The van der Waals surface area contributed by atoms with Crippen molar-refractivity contribution in [3.05, 3.63) is 83.9 Å². The molecule has 0 bridgehead atoms. The van der Waals surface area contributed by atoms with Crippen molar-refractivity contribution in [1.82, 2.24) is 10.2 Å². The second-order valence-corrected chi connectivity index (χ2v) is 6.87. The van der Waals surface area contributed by atoms with Crippen LogP contribution < -0.4 is 10.1 Å². The Hall–Kier alpha value is -3.31. The molecule has 28 heavy (non-hydrogen) atoms. The molecule has 1 atom stereocenters. The van der Waals surface area contributed by atoms with Gasteiger partial charge in [-0.15, -0.1) is 0 Å². The molecular formula is C23H22N2O3. The average molecular weight is 374 g/mol. The van der Waals surface area contributed by atoms with Crippen LogP contribution in [0.2, 0.25) is 0 Å². The number of phenolic OH excluding ortho intramolecular Hbond substituents is 1. The lowest BCUT2D eigenvalue weighted by molar-refractivity contribution is -0.118. The summed E-state index contributed by atoms with van der Waals surface area (Å²) in [5, 5.41) is 12.8. The molecule has 1 heterocycles. The molecule has 1 amide bonds. The van der Waals surface area contributed by atoms with E-state index in [1.807, 2.05) is 18.2 Å². The number of amides is 1. The van der Waals surface area contributed by atoms with Crippen molar-refractivity contribution in [3.8, 4) is 22.6 Å². The topological polar surface area (TPSA) is 61.8 Å². The lowest BCUT2D eigenvalue weighted by Crippen LogP contribution is -2.27. The summed E-state index contributed by atoms with van der Waals surface area (Å²) in [6, 6.07) is 23.8. The summed E-state index contributed by atoms with van der Waals surface area (Å²) in [4.78, 5) is 14.1. The second-order valence-electron chi connectivity index (χ2n) is 6.87. The molecule has 1 fully saturated rings. The third-order valence-corrected chi connectivity index (χ3v) is 4.98. The molecule has 0 aliphatic carbocycles. The molecule has 2 N–H and O–H groups in total. The monoisotopic (exact) mass is 374 g/mol. The smallest absolute Gasteiger partial charge is 0.235 e. The number of carbonyl (C=O) groups excluding carboxylic acids is 1. The maximum atomic E-state index is 12.1. The van der Waals surface area contributed by atoms with Crippen LogP contribution in [0.4, 0.5) is 0 Å². The number of phenols is 1. The van der Waals surface area contributed by atoms with Gasteiger partial charge in [-0.1, -0.05) is 60.7 Å². The molecule has 0 aromatic heterocycles. The molecular weight excluding hydrogens is 352 g/mol. The maximum Gasteiger partial charge on any atom is 0.235 e. The number of nitrogens with zero attached hydrogens (tertiary/aromatic N) is 1. The van der Waals surface area contributed by atoms with Crippen molar-refractivity contribution in [2.45, 2.75) is 12.7 Å². The Bertz CT molecular complexity index is 971. The fraction of sp³-hybridized carbons (Fsp3) is 0.174. The zero-order valence-corrected chi connectivity index (χ0v) is 15.6. The fourth-order valence-corrected chi connectivity index (χ4v) is 3.54. The number of methoxy groups -OCH3 is 1. The molecule has 0 saturated carbocycles. The van der Waals surface area contributed by atoms with Gasteiger partial charge in [-0.3, -0.25) is 9.69 Å². The largest absolute Gasteiger partial charge is 0.504 e. The van der Waals surface area contributed by atoms with Gasteiger partial charge in [0.1, 0.15) is 6.17 Å². The summed E-state index contributed by atoms with van der Waals surface area (Å²) < 4.78 is 5.20. The van der Waals surface area contributed by atoms with Gasteiger partial charge in [-0.2, -0.15) is 0 Å². The zero-order valence-electron chi connectivity index (χ0n) is 15.6. The van der Waals surface area contributed by atoms with Crippen molar-refractivity contribution < 1.29 is 14.6 Å². The Morgan fingerprint density at radius 3 is 2.46 bits per heavy atom. The number of ether oxygens (including phenoxy) is 1. The van der Waals surface area contributed by atoms with Crippen molar-refractivity contribution in [3.63, 3.8) is 0 Å². The predicted molar refractivity (Wildman–Crippen MR) is 108 cm³/mol. The highest BCUT2D eigenvalue weighted by atomic mass is 16.5. The summed E-state index contributed by atoms with van der Waals surface area (Å²) in [5.41, 5.74) is 4.36. The summed E-state index contributed by atoms with van der Waals surface area (Å²) in [7, 11) is 1.51. The Morgan fingerprint density at radius 2 is 1.75 bits per heavy atom. The molecule has 4 rings (SSSR count). The van der Waals surface area contributed by atoms with E-state index < -0.39 is 0 Å². The summed E-state index contributed by atoms with van der Waals surface area (Å²) >= 11 is 0. The normalized spacial score (nSPS) is 16.8. The van der Waals surface area contributed by atoms with Crippen LogP contribution in [-0.2, 0) is 11.3 Å². The van der Waals surface area contributed by atoms with Crippen molar-refractivity contribution in [2.75, 3.05) is 13.7 Å². The molecule has 142 valence electrons. The van der Waals surface area contributed by atoms with Crippen LogP contribution in [-0.4, -0.2) is 29.6 Å². The molecule has 3 aromatic carbocycles. The zero-order chi connectivity index (χ0) is 19.5. The Morgan fingerprint density at radius 1 is 1.04 bits per heavy atom. The Balaban J connectivity index is 1.54. The standard InChI is InChI=1S/C23H22N2O3/c1-28-21-13-19(11-12-20(21)26)23-24-22(27)15-25(23)14-16-7-9-18(10-8-16)17-5-3-2-4-6-17/h2-13,23,26H,14-15H2,1H3,(H,24,27). The summed E-state index contributed by atoms with van der Waals surface area (Å²) in [6.45, 7) is 0.968. The molecule has 0 spiro atoms. The second kappa shape index (κ2) is 7.74. The maximum absolute atomic E-state index is 12.1. The molecule has 0 radical (unpaired) electrons. The van der Waals surface area contributed by atoms with Gasteiger partial charge in [0.15, 0.2) is 11.5 Å². The van der Waals surface area contributed by atoms with Gasteiger partial charge in [0.2, 0.25) is 5.91 Å². The summed E-state index contributed by atoms with van der Waals surface area (Å²) in [5.74, 6) is 0.461. The molecule has 1 unspecified atom stereocenters. The van der Waals surface area contributed by atoms with Crippen molar-refractivity contribution in [2.24, 2.45) is 0 Å². The van der Waals surface area contributed by atoms with Gasteiger partial charge in [0, 0.05) is 6.54 Å². The number of carbonyl (C=O) groups is 1. The van der Waals surface area contributed by atoms with Gasteiger partial charge >= 0.3 is 0 Å². The van der Waals surface area contributed by atoms with E-state index in [1.165, 1.54) is 18.2 Å². The molecule has 1 aliphatic heterocycles. The SMILES string of the molecule is COc1cc(C2NC(=O)CN2Cc2ccc(-c3ccccc3)cc2)ccc1O. The van der Waals surface area contributed by atoms with Crippen LogP contribution in [0.5, 0.6) is 11.5 Å². The molecule has 1 aliphatic rings. The minimum atomic E-state index is -0.254. The van der Waals surface area contributed by atoms with Crippen molar-refractivity contribution in [1.29, 1.82) is 0 Å². The van der Waals surface area contributed by atoms with Crippen LogP contribution in [0.3, 0.4) is 0 Å². The van der Waals surface area contributed by atoms with Gasteiger partial charge in [-0.25, -0.2) is 0 Å². The molecule has 5 nitrogen and oxygen atoms in total. The van der Waals surface area contributed by atoms with E-state index in [-0.39, 0.29) is 17.8 Å². The number of hydrogen-bond donors (Lipinski definition) is 2. The number of nitrogens with one attached hydrogen (secondary N) is 1. The first kappa shape index (κ1) is 18.1. The first-order valence-electron chi connectivity index (χ1n) is 9.19. The van der Waals surface area contributed by atoms with Crippen LogP contribution in [0, 0.1) is 0 Å². The van der Waals surface area contributed by atoms with E-state index in [4.69, 9.17) is 4.74 Å². The number of hydrogen-bond acceptors (Lipinski definition) is 4. The highest BCUT2D eigenvalue weighted by Crippen LogP contribution is 2.32. The minimum absolute atomic E-state index is 0.0158. The highest BCUT2D eigenvalue weighted by Gasteiger charge is 2.31. The van der Waals surface area contributed by atoms with Gasteiger partial charge in [0.05, 0.1) is 13.7 Å². The van der Waals surface area contributed by atoms with E-state index in [0.29, 0.717) is 18.8 Å². The van der Waals surface area contributed by atoms with Crippen LogP contribution >= 0.6 is 0 Å². The average Bonchev–Trinajstić information content (AvgIpc) is 3.09. The minimum Gasteiger partial charge on any atom is -0.504 e. The Kier molecular flexibility index (Phi) is 5.00. The molecule has 5 heteroatoms. The quantitative estimate of drug-likeness (QED) is 0.715. The van der Waals surface area contributed by atoms with E-state index in [1.54, 1.807) is 18.2 Å². The van der Waals surface area contributed by atoms with E-state index in [2.05, 4.69) is 46.6 Å². The van der Waals surface area contributed by atoms with Gasteiger partial charge in [-0.05, 0) is 34.4 Å². The summed E-state index contributed by atoms with van der Waals surface area (Å²) in [6.07, 6.45) is -0.254. The van der Waals surface area contributed by atoms with Crippen LogP contribution in [0.1, 0.15) is 17.3 Å². The molecule has 1 saturated heterocycles. The van der Waals surface area contributed by atoms with E-state index >= 15 is 0 Å². The van der Waals surface area contributed by atoms with Crippen LogP contribution in [0.25, 0.3) is 11.1 Å². The number of benzene rings is 3. The third kappa shape index (κ3) is 3.70. The highest BCUT2D eigenvalue weighted by molar-refractivity contribution is 5.80. The lowest BCUT2D eigenvalue weighted by atomic mass is 10.0. The first-order valence-corrected chi connectivity index (χ1v) is 9.19. The Labute approximate surface area is 164 Å². The van der Waals surface area contributed by atoms with Gasteiger partial charge < -0.3 is 15.2 Å². The van der Waals surface area contributed by atoms with Crippen LogP contribution in [0.15, 0.2) is 72.8 Å². The number of rotatable bonds is 5. The van der Waals surface area contributed by atoms with E-state index in [0.717, 1.165) is 11.1 Å². The van der Waals surface area contributed by atoms with Crippen molar-refractivity contribution >= 4 is 5.91 Å². The molecule has 3 aromatic rings. The predicted octanol–water partition coefficient (Wildman–Crippen LogP) is 3.70. The fourth-order valence-electron chi connectivity index (χ4n) is 3.54. The first-order chi connectivity index (χ1) is 13.6. The lowest BCUT2D eigenvalue weighted by Gasteiger charge is -2.24. The third-order valence-electron chi connectivity index (χ3n) is 4.98.